The number of hydrogen-bond acceptors (Lipinski definition) is 4. The summed E-state index contributed by atoms with van der Waals surface area (Å²) in [6, 6.07) is 8.80. The Hall–Kier alpha value is -2.38. The van der Waals surface area contributed by atoms with E-state index in [0.29, 0.717) is 22.4 Å². The summed E-state index contributed by atoms with van der Waals surface area (Å²) in [4.78, 5) is 19.7. The summed E-state index contributed by atoms with van der Waals surface area (Å²) in [6.07, 6.45) is 2.73. The standard InChI is InChI=1S/C15H10ClFN4OS/c1-2-12(22)18-10-5-3-4-9(8-10)13-11-6-7-21(23-17)14(11)20-15(16)19-13/h2-8H,1H2,(H,18,22). The first-order valence-electron chi connectivity index (χ1n) is 6.50. The van der Waals surface area contributed by atoms with Crippen molar-refractivity contribution in [3.63, 3.8) is 0 Å². The van der Waals surface area contributed by atoms with Gasteiger partial charge < -0.3 is 5.32 Å². The molecule has 2 heterocycles. The molecule has 3 aromatic rings. The van der Waals surface area contributed by atoms with Crippen LogP contribution in [0.4, 0.5) is 9.57 Å². The Morgan fingerprint density at radius 2 is 2.22 bits per heavy atom. The van der Waals surface area contributed by atoms with Gasteiger partial charge in [0.25, 0.3) is 0 Å². The van der Waals surface area contributed by atoms with Gasteiger partial charge in [0.2, 0.25) is 11.2 Å². The van der Waals surface area contributed by atoms with Crippen molar-refractivity contribution in [2.24, 2.45) is 0 Å². The Kier molecular flexibility index (Phi) is 4.31. The van der Waals surface area contributed by atoms with Gasteiger partial charge in [-0.1, -0.05) is 18.7 Å². The minimum Gasteiger partial charge on any atom is -0.323 e. The van der Waals surface area contributed by atoms with Crippen molar-refractivity contribution in [1.29, 1.82) is 0 Å². The molecule has 23 heavy (non-hydrogen) atoms. The zero-order valence-electron chi connectivity index (χ0n) is 11.7. The van der Waals surface area contributed by atoms with Crippen LogP contribution >= 0.6 is 23.9 Å². The lowest BCUT2D eigenvalue weighted by molar-refractivity contribution is -0.111. The Morgan fingerprint density at radius 1 is 1.39 bits per heavy atom. The molecular formula is C15H10ClFN4OS. The maximum Gasteiger partial charge on any atom is 0.247 e. The van der Waals surface area contributed by atoms with Gasteiger partial charge in [0, 0.05) is 22.8 Å². The molecule has 0 saturated heterocycles. The first kappa shape index (κ1) is 15.5. The van der Waals surface area contributed by atoms with Crippen molar-refractivity contribution in [3.8, 4) is 11.3 Å². The number of halogens is 2. The fourth-order valence-electron chi connectivity index (χ4n) is 2.18. The number of rotatable bonds is 4. The molecule has 1 amide bonds. The Labute approximate surface area is 140 Å². The van der Waals surface area contributed by atoms with Crippen molar-refractivity contribution in [1.82, 2.24) is 13.9 Å². The van der Waals surface area contributed by atoms with Crippen molar-refractivity contribution in [3.05, 3.63) is 54.5 Å². The van der Waals surface area contributed by atoms with Crippen LogP contribution in [0.2, 0.25) is 5.28 Å². The van der Waals surface area contributed by atoms with E-state index in [2.05, 4.69) is 21.9 Å². The largest absolute Gasteiger partial charge is 0.323 e. The SMILES string of the molecule is C=CC(=O)Nc1cccc(-c2nc(Cl)nc3c2ccn3SF)c1. The molecule has 3 rings (SSSR count). The zero-order valence-corrected chi connectivity index (χ0v) is 13.2. The molecule has 0 saturated carbocycles. The summed E-state index contributed by atoms with van der Waals surface area (Å²) in [5.74, 6) is -0.312. The number of nitrogens with zero attached hydrogens (tertiary/aromatic N) is 3. The lowest BCUT2D eigenvalue weighted by Gasteiger charge is -2.07. The number of nitrogens with one attached hydrogen (secondary N) is 1. The molecule has 0 aliphatic heterocycles. The van der Waals surface area contributed by atoms with Crippen molar-refractivity contribution < 1.29 is 8.68 Å². The molecular weight excluding hydrogens is 339 g/mol. The quantitative estimate of drug-likeness (QED) is 0.565. The van der Waals surface area contributed by atoms with Gasteiger partial charge in [-0.15, -0.1) is 3.89 Å². The molecule has 116 valence electrons. The van der Waals surface area contributed by atoms with Crippen LogP contribution in [0.3, 0.4) is 0 Å². The molecule has 0 fully saturated rings. The van der Waals surface area contributed by atoms with E-state index < -0.39 is 0 Å². The third kappa shape index (κ3) is 3.06. The molecule has 0 spiro atoms. The maximum absolute atomic E-state index is 12.9. The van der Waals surface area contributed by atoms with Gasteiger partial charge >= 0.3 is 0 Å². The van der Waals surface area contributed by atoms with Gasteiger partial charge in [0.1, 0.15) is 0 Å². The van der Waals surface area contributed by atoms with E-state index in [0.717, 1.165) is 5.56 Å². The maximum atomic E-state index is 12.9. The summed E-state index contributed by atoms with van der Waals surface area (Å²) < 4.78 is 14.2. The molecule has 0 unspecified atom stereocenters. The van der Waals surface area contributed by atoms with Crippen LogP contribution in [0.25, 0.3) is 22.3 Å². The first-order valence-corrected chi connectivity index (χ1v) is 7.55. The molecule has 0 atom stereocenters. The second-order valence-corrected chi connectivity index (χ2v) is 5.43. The smallest absolute Gasteiger partial charge is 0.247 e. The van der Waals surface area contributed by atoms with E-state index in [9.17, 15) is 8.68 Å². The van der Waals surface area contributed by atoms with E-state index in [1.807, 2.05) is 6.07 Å². The summed E-state index contributed by atoms with van der Waals surface area (Å²) in [5, 5.41) is 3.35. The average molecular weight is 349 g/mol. The topological polar surface area (TPSA) is 59.8 Å². The third-order valence-electron chi connectivity index (χ3n) is 3.15. The highest BCUT2D eigenvalue weighted by Gasteiger charge is 2.13. The van der Waals surface area contributed by atoms with Gasteiger partial charge in [-0.2, -0.15) is 4.98 Å². The molecule has 2 aromatic heterocycles. The Morgan fingerprint density at radius 3 is 2.96 bits per heavy atom. The average Bonchev–Trinajstić information content (AvgIpc) is 2.97. The normalized spacial score (nSPS) is 10.7. The monoisotopic (exact) mass is 348 g/mol. The van der Waals surface area contributed by atoms with Gasteiger partial charge in [0.05, 0.1) is 5.69 Å². The van der Waals surface area contributed by atoms with Crippen LogP contribution in [0.1, 0.15) is 0 Å². The molecule has 1 aromatic carbocycles. The number of benzene rings is 1. The van der Waals surface area contributed by atoms with Gasteiger partial charge in [-0.25, -0.2) is 8.96 Å². The number of hydrogen-bond donors (Lipinski definition) is 1. The zero-order chi connectivity index (χ0) is 16.4. The van der Waals surface area contributed by atoms with Crippen LogP contribution in [0, 0.1) is 0 Å². The molecule has 5 nitrogen and oxygen atoms in total. The lowest BCUT2D eigenvalue weighted by atomic mass is 10.1. The van der Waals surface area contributed by atoms with Crippen LogP contribution in [-0.4, -0.2) is 19.8 Å². The van der Waals surface area contributed by atoms with Crippen LogP contribution in [0.15, 0.2) is 49.2 Å². The first-order chi connectivity index (χ1) is 11.1. The molecule has 0 radical (unpaired) electrons. The molecule has 0 bridgehead atoms. The van der Waals surface area contributed by atoms with E-state index in [1.54, 1.807) is 30.5 Å². The summed E-state index contributed by atoms with van der Waals surface area (Å²) in [5.41, 5.74) is 2.26. The van der Waals surface area contributed by atoms with Crippen molar-refractivity contribution >= 4 is 46.6 Å². The molecule has 0 aliphatic rings. The lowest BCUT2D eigenvalue weighted by Crippen LogP contribution is -2.07. The molecule has 1 N–H and O–H groups in total. The van der Waals surface area contributed by atoms with E-state index in [4.69, 9.17) is 11.6 Å². The van der Waals surface area contributed by atoms with E-state index in [1.165, 1.54) is 10.0 Å². The second-order valence-electron chi connectivity index (χ2n) is 4.56. The minimum absolute atomic E-state index is 0.0158. The highest BCUT2D eigenvalue weighted by Crippen LogP contribution is 2.31. The van der Waals surface area contributed by atoms with Gasteiger partial charge in [-0.05, 0) is 35.9 Å². The highest BCUT2D eigenvalue weighted by molar-refractivity contribution is 7.92. The predicted molar refractivity (Wildman–Crippen MR) is 90.9 cm³/mol. The Bertz CT molecular complexity index is 912. The second kappa shape index (κ2) is 6.39. The number of anilines is 1. The summed E-state index contributed by atoms with van der Waals surface area (Å²) >= 11 is 5.99. The fraction of sp³-hybridized carbons (Fsp3) is 0. The number of fused-ring (bicyclic) bond motifs is 1. The summed E-state index contributed by atoms with van der Waals surface area (Å²) in [7, 11) is 0. The third-order valence-corrected chi connectivity index (χ3v) is 3.76. The Balaban J connectivity index is 2.13. The fourth-order valence-corrected chi connectivity index (χ4v) is 2.65. The van der Waals surface area contributed by atoms with Crippen LogP contribution < -0.4 is 5.32 Å². The predicted octanol–water partition coefficient (Wildman–Crippen LogP) is 4.26. The number of aromatic nitrogens is 3. The minimum atomic E-state index is -0.312. The van der Waals surface area contributed by atoms with Crippen molar-refractivity contribution in [2.45, 2.75) is 0 Å². The van der Waals surface area contributed by atoms with E-state index >= 15 is 0 Å². The number of carbonyl (C=O) groups excluding carboxylic acids is 1. The van der Waals surface area contributed by atoms with Crippen molar-refractivity contribution in [2.75, 3.05) is 5.32 Å². The number of amides is 1. The molecule has 8 heteroatoms. The highest BCUT2D eigenvalue weighted by atomic mass is 35.5. The van der Waals surface area contributed by atoms with Crippen LogP contribution in [-0.2, 0) is 4.79 Å². The van der Waals surface area contributed by atoms with Crippen LogP contribution in [0.5, 0.6) is 0 Å². The number of carbonyl (C=O) groups is 1. The molecule has 0 aliphatic carbocycles. The van der Waals surface area contributed by atoms with E-state index in [-0.39, 0.29) is 23.5 Å². The summed E-state index contributed by atoms with van der Waals surface area (Å²) in [6.45, 7) is 3.41. The van der Waals surface area contributed by atoms with Gasteiger partial charge in [0.15, 0.2) is 18.0 Å². The van der Waals surface area contributed by atoms with Gasteiger partial charge in [-0.3, -0.25) is 4.79 Å².